The Morgan fingerprint density at radius 1 is 1.02 bits per heavy atom. The fraction of sp³-hybridized carbons (Fsp3) is 0.276. The van der Waals surface area contributed by atoms with Crippen LogP contribution in [0, 0.1) is 11.3 Å². The molecular weight excluding hydrogens is 568 g/mol. The van der Waals surface area contributed by atoms with Crippen molar-refractivity contribution < 1.29 is 32.6 Å². The van der Waals surface area contributed by atoms with Crippen molar-refractivity contribution in [3.63, 3.8) is 0 Å². The van der Waals surface area contributed by atoms with E-state index in [4.69, 9.17) is 33.0 Å². The van der Waals surface area contributed by atoms with Crippen LogP contribution >= 0.6 is 23.2 Å². The van der Waals surface area contributed by atoms with E-state index in [1.54, 1.807) is 54.6 Å². The van der Waals surface area contributed by atoms with Gasteiger partial charge in [0.05, 0.1) is 17.0 Å². The van der Waals surface area contributed by atoms with E-state index in [2.05, 4.69) is 5.32 Å². The highest BCUT2D eigenvalue weighted by Crippen LogP contribution is 2.46. The number of halogens is 5. The van der Waals surface area contributed by atoms with Crippen molar-refractivity contribution in [2.45, 2.75) is 44.4 Å². The Balaban J connectivity index is 2.05. The van der Waals surface area contributed by atoms with E-state index < -0.39 is 46.4 Å². The van der Waals surface area contributed by atoms with E-state index in [1.165, 1.54) is 6.07 Å². The molecule has 1 amide bonds. The maximum atomic E-state index is 14.1. The number of alkyl halides is 3. The molecule has 0 unspecified atom stereocenters. The van der Waals surface area contributed by atoms with Crippen LogP contribution in [0.1, 0.15) is 70.8 Å². The molecule has 3 rings (SSSR count). The number of nitriles is 1. The molecule has 0 fully saturated rings. The number of carbonyl (C=O) groups is 2. The van der Waals surface area contributed by atoms with Crippen LogP contribution in [0.2, 0.25) is 10.0 Å². The molecule has 0 aromatic heterocycles. The number of amides is 1. The highest BCUT2D eigenvalue weighted by atomic mass is 35.5. The van der Waals surface area contributed by atoms with Crippen molar-refractivity contribution in [3.8, 4) is 11.8 Å². The maximum absolute atomic E-state index is 14.1. The van der Waals surface area contributed by atoms with Gasteiger partial charge < -0.3 is 15.2 Å². The molecule has 6 nitrogen and oxygen atoms in total. The Bertz CT molecular complexity index is 1390. The second-order valence-electron chi connectivity index (χ2n) is 8.92. The van der Waals surface area contributed by atoms with E-state index in [9.17, 15) is 28.0 Å². The minimum Gasteiger partial charge on any atom is -0.484 e. The number of aliphatic carboxylic acids is 1. The van der Waals surface area contributed by atoms with Gasteiger partial charge in [-0.15, -0.1) is 0 Å². The minimum atomic E-state index is -4.89. The molecule has 0 spiro atoms. The van der Waals surface area contributed by atoms with Crippen molar-refractivity contribution in [1.82, 2.24) is 5.32 Å². The Morgan fingerprint density at radius 3 is 2.20 bits per heavy atom. The lowest BCUT2D eigenvalue weighted by atomic mass is 9.85. The number of carbonyl (C=O) groups excluding carboxylic acids is 1. The molecule has 3 aromatic carbocycles. The van der Waals surface area contributed by atoms with Gasteiger partial charge in [-0.3, -0.25) is 9.59 Å². The lowest BCUT2D eigenvalue weighted by molar-refractivity contribution is -0.139. The third kappa shape index (κ3) is 7.68. The molecule has 0 aliphatic heterocycles. The minimum absolute atomic E-state index is 0.0322. The van der Waals surface area contributed by atoms with E-state index in [0.717, 1.165) is 6.07 Å². The number of carboxylic acids is 1. The molecule has 3 aromatic rings. The molecule has 11 heteroatoms. The maximum Gasteiger partial charge on any atom is 0.421 e. The predicted molar refractivity (Wildman–Crippen MR) is 145 cm³/mol. The van der Waals surface area contributed by atoms with Crippen LogP contribution in [0.15, 0.2) is 60.7 Å². The van der Waals surface area contributed by atoms with E-state index in [1.807, 2.05) is 6.92 Å². The number of nitrogens with one attached hydrogen (secondary N) is 1. The van der Waals surface area contributed by atoms with Crippen LogP contribution in [0.4, 0.5) is 13.2 Å². The monoisotopic (exact) mass is 592 g/mol. The Morgan fingerprint density at radius 2 is 1.65 bits per heavy atom. The number of carboxylic acid groups (broad SMARTS) is 1. The fourth-order valence-corrected chi connectivity index (χ4v) is 4.68. The van der Waals surface area contributed by atoms with Crippen molar-refractivity contribution in [3.05, 3.63) is 98.5 Å². The molecular formula is C29H25Cl2F3N2O4. The molecule has 0 aliphatic carbocycles. The predicted octanol–water partition coefficient (Wildman–Crippen LogP) is 7.79. The highest BCUT2D eigenvalue weighted by molar-refractivity contribution is 6.32. The van der Waals surface area contributed by atoms with Gasteiger partial charge >= 0.3 is 12.1 Å². The second-order valence-corrected chi connectivity index (χ2v) is 9.73. The fourth-order valence-electron chi connectivity index (χ4n) is 4.25. The molecule has 0 aliphatic rings. The van der Waals surface area contributed by atoms with E-state index in [-0.39, 0.29) is 18.5 Å². The summed E-state index contributed by atoms with van der Waals surface area (Å²) >= 11 is 12.1. The quantitative estimate of drug-likeness (QED) is 0.237. The summed E-state index contributed by atoms with van der Waals surface area (Å²) < 4.78 is 48.4. The van der Waals surface area contributed by atoms with Crippen molar-refractivity contribution >= 4 is 35.1 Å². The van der Waals surface area contributed by atoms with E-state index >= 15 is 0 Å². The molecule has 0 saturated carbocycles. The van der Waals surface area contributed by atoms with Gasteiger partial charge in [-0.25, -0.2) is 0 Å². The zero-order valence-corrected chi connectivity index (χ0v) is 22.8. The summed E-state index contributed by atoms with van der Waals surface area (Å²) in [5, 5.41) is 20.2. The molecule has 40 heavy (non-hydrogen) atoms. The van der Waals surface area contributed by atoms with E-state index in [0.29, 0.717) is 34.6 Å². The summed E-state index contributed by atoms with van der Waals surface area (Å²) in [7, 11) is 0. The zero-order valence-electron chi connectivity index (χ0n) is 21.3. The number of hydrogen-bond donors (Lipinski definition) is 2. The molecule has 0 bridgehead atoms. The summed E-state index contributed by atoms with van der Waals surface area (Å²) in [5.74, 6) is -2.46. The van der Waals surface area contributed by atoms with Crippen LogP contribution in [-0.4, -0.2) is 23.5 Å². The van der Waals surface area contributed by atoms with Gasteiger partial charge in [-0.1, -0.05) is 60.8 Å². The first-order chi connectivity index (χ1) is 19.0. The third-order valence-electron chi connectivity index (χ3n) is 6.15. The van der Waals surface area contributed by atoms with Gasteiger partial charge in [-0.2, -0.15) is 18.4 Å². The van der Waals surface area contributed by atoms with Crippen LogP contribution in [0.5, 0.6) is 5.75 Å². The summed E-state index contributed by atoms with van der Waals surface area (Å²) in [5.41, 5.74) is -0.00163. The summed E-state index contributed by atoms with van der Waals surface area (Å²) in [6.45, 7) is 1.89. The lowest BCUT2D eigenvalue weighted by Crippen LogP contribution is -2.26. The first-order valence-corrected chi connectivity index (χ1v) is 13.0. The zero-order chi connectivity index (χ0) is 29.4. The van der Waals surface area contributed by atoms with Crippen LogP contribution < -0.4 is 10.1 Å². The number of benzene rings is 3. The number of nitrogens with zero attached hydrogens (tertiary/aromatic N) is 1. The third-order valence-corrected chi connectivity index (χ3v) is 6.80. The van der Waals surface area contributed by atoms with Gasteiger partial charge in [0.1, 0.15) is 23.5 Å². The lowest BCUT2D eigenvalue weighted by Gasteiger charge is -2.30. The average molecular weight is 593 g/mol. The van der Waals surface area contributed by atoms with Crippen molar-refractivity contribution in [2.75, 3.05) is 6.54 Å². The Labute approximate surface area is 239 Å². The first kappa shape index (κ1) is 30.8. The average Bonchev–Trinajstić information content (AvgIpc) is 2.90. The van der Waals surface area contributed by atoms with Gasteiger partial charge in [0.15, 0.2) is 0 Å². The van der Waals surface area contributed by atoms with Gasteiger partial charge in [0.2, 0.25) is 0 Å². The second kappa shape index (κ2) is 13.6. The first-order valence-electron chi connectivity index (χ1n) is 12.3. The molecule has 0 saturated heterocycles. The van der Waals surface area contributed by atoms with Crippen LogP contribution in [-0.2, 0) is 11.0 Å². The van der Waals surface area contributed by atoms with Crippen LogP contribution in [0.25, 0.3) is 0 Å². The molecule has 0 radical (unpaired) electrons. The Kier molecular flexibility index (Phi) is 10.4. The topological polar surface area (TPSA) is 99.4 Å². The standard InChI is InChI=1S/C29H25Cl2F3N2O4/c1-2-3-22(17-4-6-19(7-5-17)28(39)36-15-14-24(37)38)27(18-8-11-21(30)12-9-18)40-23-13-10-20(16-35)26(31)25(23)29(32,33)34/h4-13,22,27H,2-3,14-15H2,1H3,(H,36,39)(H,37,38)/t22-,27+/m1/s1. The SMILES string of the molecule is CCC[C@H](c1ccc(C(=O)NCCC(=O)O)cc1)[C@@H](Oc1ccc(C#N)c(Cl)c1C(F)(F)F)c1ccc(Cl)cc1. The normalized spacial score (nSPS) is 12.7. The number of ether oxygens (including phenoxy) is 1. The smallest absolute Gasteiger partial charge is 0.421 e. The highest BCUT2D eigenvalue weighted by Gasteiger charge is 2.39. The van der Waals surface area contributed by atoms with Crippen LogP contribution in [0.3, 0.4) is 0 Å². The largest absolute Gasteiger partial charge is 0.484 e. The number of hydrogen-bond acceptors (Lipinski definition) is 4. The van der Waals surface area contributed by atoms with Crippen molar-refractivity contribution in [2.24, 2.45) is 0 Å². The molecule has 0 heterocycles. The summed E-state index contributed by atoms with van der Waals surface area (Å²) in [6, 6.07) is 17.0. The van der Waals surface area contributed by atoms with Gasteiger partial charge in [-0.05, 0) is 53.9 Å². The molecule has 210 valence electrons. The van der Waals surface area contributed by atoms with Gasteiger partial charge in [0, 0.05) is 23.0 Å². The molecule has 2 N–H and O–H groups in total. The summed E-state index contributed by atoms with van der Waals surface area (Å²) in [4.78, 5) is 23.1. The molecule has 2 atom stereocenters. The van der Waals surface area contributed by atoms with Gasteiger partial charge in [0.25, 0.3) is 5.91 Å². The number of rotatable bonds is 11. The van der Waals surface area contributed by atoms with Crippen molar-refractivity contribution in [1.29, 1.82) is 5.26 Å². The summed E-state index contributed by atoms with van der Waals surface area (Å²) in [6.07, 6.45) is -4.85. The Hall–Kier alpha value is -3.74.